The van der Waals surface area contributed by atoms with E-state index in [0.29, 0.717) is 6.54 Å². The summed E-state index contributed by atoms with van der Waals surface area (Å²) in [6.07, 6.45) is -0.770. The van der Waals surface area contributed by atoms with Crippen molar-refractivity contribution in [2.75, 3.05) is 6.54 Å². The van der Waals surface area contributed by atoms with Gasteiger partial charge in [-0.15, -0.1) is 0 Å². The van der Waals surface area contributed by atoms with Crippen molar-refractivity contribution < 1.29 is 26.7 Å². The fraction of sp³-hybridized carbons (Fsp3) is 0.500. The van der Waals surface area contributed by atoms with E-state index in [2.05, 4.69) is 5.32 Å². The average molecular weight is 283 g/mol. The van der Waals surface area contributed by atoms with Gasteiger partial charge in [-0.1, -0.05) is 6.92 Å². The minimum Gasteiger partial charge on any atom is -0.483 e. The summed E-state index contributed by atoms with van der Waals surface area (Å²) in [4.78, 5) is 0. The lowest BCUT2D eigenvalue weighted by Crippen LogP contribution is -2.39. The molecule has 7 heteroatoms. The SMILES string of the molecule is CCNC(C)C(C)Oc1c(F)c(F)c(F)c(F)c1F. The first-order valence-electron chi connectivity index (χ1n) is 5.72. The molecule has 0 aliphatic heterocycles. The van der Waals surface area contributed by atoms with E-state index in [1.54, 1.807) is 6.92 Å². The number of nitrogens with one attached hydrogen (secondary N) is 1. The van der Waals surface area contributed by atoms with Crippen molar-refractivity contribution in [1.82, 2.24) is 5.32 Å². The van der Waals surface area contributed by atoms with Crippen molar-refractivity contribution in [3.05, 3.63) is 29.1 Å². The number of hydrogen-bond acceptors (Lipinski definition) is 2. The minimum atomic E-state index is -2.20. The van der Waals surface area contributed by atoms with Gasteiger partial charge in [-0.2, -0.15) is 8.78 Å². The van der Waals surface area contributed by atoms with Gasteiger partial charge in [0.05, 0.1) is 0 Å². The summed E-state index contributed by atoms with van der Waals surface area (Å²) in [6, 6.07) is -0.319. The van der Waals surface area contributed by atoms with Crippen molar-refractivity contribution in [2.24, 2.45) is 0 Å². The van der Waals surface area contributed by atoms with Crippen molar-refractivity contribution >= 4 is 0 Å². The zero-order valence-corrected chi connectivity index (χ0v) is 10.7. The van der Waals surface area contributed by atoms with Crippen molar-refractivity contribution in [3.63, 3.8) is 0 Å². The second-order valence-electron chi connectivity index (χ2n) is 4.07. The fourth-order valence-electron chi connectivity index (χ4n) is 1.46. The number of benzene rings is 1. The molecule has 0 aliphatic rings. The molecule has 2 atom stereocenters. The lowest BCUT2D eigenvalue weighted by molar-refractivity contribution is 0.158. The first-order valence-corrected chi connectivity index (χ1v) is 5.72. The third kappa shape index (κ3) is 3.15. The van der Waals surface area contributed by atoms with Crippen molar-refractivity contribution in [2.45, 2.75) is 32.9 Å². The Morgan fingerprint density at radius 2 is 1.32 bits per heavy atom. The highest BCUT2D eigenvalue weighted by atomic mass is 19.2. The van der Waals surface area contributed by atoms with Gasteiger partial charge < -0.3 is 10.1 Å². The summed E-state index contributed by atoms with van der Waals surface area (Å²) in [7, 11) is 0. The van der Waals surface area contributed by atoms with Gasteiger partial charge >= 0.3 is 0 Å². The summed E-state index contributed by atoms with van der Waals surface area (Å²) in [5.74, 6) is -11.4. The molecule has 1 aromatic rings. The summed E-state index contributed by atoms with van der Waals surface area (Å²) >= 11 is 0. The second kappa shape index (κ2) is 6.18. The minimum absolute atomic E-state index is 0.319. The molecule has 2 unspecified atom stereocenters. The zero-order chi connectivity index (χ0) is 14.7. The third-order valence-corrected chi connectivity index (χ3v) is 2.70. The van der Waals surface area contributed by atoms with Crippen LogP contribution in [0.2, 0.25) is 0 Å². The first kappa shape index (κ1) is 15.7. The molecule has 0 heterocycles. The highest BCUT2D eigenvalue weighted by Gasteiger charge is 2.28. The normalized spacial score (nSPS) is 14.3. The van der Waals surface area contributed by atoms with Crippen LogP contribution in [0, 0.1) is 29.1 Å². The Labute approximate surface area is 107 Å². The molecule has 1 rings (SSSR count). The summed E-state index contributed by atoms with van der Waals surface area (Å²) in [6.45, 7) is 5.51. The van der Waals surface area contributed by atoms with Crippen LogP contribution >= 0.6 is 0 Å². The molecule has 0 spiro atoms. The molecule has 108 valence electrons. The molecule has 0 aliphatic carbocycles. The Balaban J connectivity index is 3.08. The van der Waals surface area contributed by atoms with Crippen LogP contribution in [0.5, 0.6) is 5.75 Å². The van der Waals surface area contributed by atoms with Crippen molar-refractivity contribution in [3.8, 4) is 5.75 Å². The summed E-state index contributed by atoms with van der Waals surface area (Å²) < 4.78 is 70.2. The Kier molecular flexibility index (Phi) is 5.11. The molecule has 0 saturated carbocycles. The van der Waals surface area contributed by atoms with Gasteiger partial charge in [0, 0.05) is 6.04 Å². The van der Waals surface area contributed by atoms with Crippen LogP contribution in [0.15, 0.2) is 0 Å². The Hall–Kier alpha value is -1.37. The molecule has 0 radical (unpaired) electrons. The van der Waals surface area contributed by atoms with Crippen LogP contribution < -0.4 is 10.1 Å². The molecule has 0 fully saturated rings. The quantitative estimate of drug-likeness (QED) is 0.509. The maximum absolute atomic E-state index is 13.3. The Morgan fingerprint density at radius 3 is 1.74 bits per heavy atom. The van der Waals surface area contributed by atoms with Crippen LogP contribution in [0.1, 0.15) is 20.8 Å². The van der Waals surface area contributed by atoms with Crippen molar-refractivity contribution in [1.29, 1.82) is 0 Å². The van der Waals surface area contributed by atoms with Gasteiger partial charge in [0.2, 0.25) is 29.1 Å². The predicted octanol–water partition coefficient (Wildman–Crippen LogP) is 3.15. The molecule has 19 heavy (non-hydrogen) atoms. The average Bonchev–Trinajstić information content (AvgIpc) is 2.39. The van der Waals surface area contributed by atoms with Gasteiger partial charge in [-0.3, -0.25) is 0 Å². The van der Waals surface area contributed by atoms with Gasteiger partial charge in [0.25, 0.3) is 0 Å². The summed E-state index contributed by atoms with van der Waals surface area (Å²) in [5.41, 5.74) is 0. The van der Waals surface area contributed by atoms with E-state index < -0.39 is 40.9 Å². The monoisotopic (exact) mass is 283 g/mol. The van der Waals surface area contributed by atoms with Crippen LogP contribution in [0.3, 0.4) is 0 Å². The van der Waals surface area contributed by atoms with E-state index in [9.17, 15) is 22.0 Å². The number of halogens is 5. The predicted molar refractivity (Wildman–Crippen MR) is 59.5 cm³/mol. The van der Waals surface area contributed by atoms with E-state index in [4.69, 9.17) is 4.74 Å². The number of rotatable bonds is 5. The van der Waals surface area contributed by atoms with E-state index >= 15 is 0 Å². The van der Waals surface area contributed by atoms with Crippen LogP contribution in [-0.2, 0) is 0 Å². The van der Waals surface area contributed by atoms with E-state index in [0.717, 1.165) is 0 Å². The van der Waals surface area contributed by atoms with Gasteiger partial charge in [-0.05, 0) is 20.4 Å². The van der Waals surface area contributed by atoms with E-state index in [1.807, 2.05) is 6.92 Å². The van der Waals surface area contributed by atoms with Crippen LogP contribution in [0.25, 0.3) is 0 Å². The lowest BCUT2D eigenvalue weighted by Gasteiger charge is -2.22. The molecule has 0 aromatic heterocycles. The molecule has 0 bridgehead atoms. The number of hydrogen-bond donors (Lipinski definition) is 1. The third-order valence-electron chi connectivity index (χ3n) is 2.70. The highest BCUT2D eigenvalue weighted by molar-refractivity contribution is 5.30. The van der Waals surface area contributed by atoms with Crippen LogP contribution in [-0.4, -0.2) is 18.7 Å². The number of likely N-dealkylation sites (N-methyl/N-ethyl adjacent to an activating group) is 1. The maximum atomic E-state index is 13.3. The zero-order valence-electron chi connectivity index (χ0n) is 10.7. The van der Waals surface area contributed by atoms with E-state index in [1.165, 1.54) is 6.92 Å². The van der Waals surface area contributed by atoms with Crippen LogP contribution in [0.4, 0.5) is 22.0 Å². The fourth-order valence-corrected chi connectivity index (χ4v) is 1.46. The molecule has 0 saturated heterocycles. The summed E-state index contributed by atoms with van der Waals surface area (Å²) in [5, 5.41) is 2.91. The second-order valence-corrected chi connectivity index (χ2v) is 4.07. The largest absolute Gasteiger partial charge is 0.483 e. The highest BCUT2D eigenvalue weighted by Crippen LogP contribution is 2.30. The number of ether oxygens (including phenoxy) is 1. The molecular formula is C12H14F5NO. The maximum Gasteiger partial charge on any atom is 0.207 e. The van der Waals surface area contributed by atoms with Gasteiger partial charge in [0.15, 0.2) is 5.75 Å². The lowest BCUT2D eigenvalue weighted by atomic mass is 10.2. The Bertz CT molecular complexity index is 437. The smallest absolute Gasteiger partial charge is 0.207 e. The standard InChI is InChI=1S/C12H14F5NO/c1-4-18-5(2)6(3)19-12-10(16)8(14)7(13)9(15)11(12)17/h5-6,18H,4H2,1-3H3. The molecule has 1 N–H and O–H groups in total. The van der Waals surface area contributed by atoms with Gasteiger partial charge in [-0.25, -0.2) is 13.2 Å². The van der Waals surface area contributed by atoms with Gasteiger partial charge in [0.1, 0.15) is 6.10 Å². The molecular weight excluding hydrogens is 269 g/mol. The molecule has 0 amide bonds. The first-order chi connectivity index (χ1) is 8.81. The molecule has 2 nitrogen and oxygen atoms in total. The molecule has 1 aromatic carbocycles. The Morgan fingerprint density at radius 1 is 0.895 bits per heavy atom. The topological polar surface area (TPSA) is 21.3 Å². The van der Waals surface area contributed by atoms with E-state index in [-0.39, 0.29) is 6.04 Å².